The van der Waals surface area contributed by atoms with Crippen LogP contribution in [0.1, 0.15) is 31.4 Å². The molecule has 1 fully saturated rings. The largest absolute Gasteiger partial charge is 0.379 e. The molecule has 138 valence electrons. The van der Waals surface area contributed by atoms with Crippen LogP contribution in [0.2, 0.25) is 5.02 Å². The Kier molecular flexibility index (Phi) is 5.53. The molecule has 1 aliphatic heterocycles. The fourth-order valence-electron chi connectivity index (χ4n) is 3.09. The number of amides is 1. The molecule has 1 amide bonds. The fraction of sp³-hybridized carbons (Fsp3) is 0.412. The Bertz CT molecular complexity index is 838. The summed E-state index contributed by atoms with van der Waals surface area (Å²) in [5, 5.41) is 3.32. The van der Waals surface area contributed by atoms with Crippen LogP contribution in [0.3, 0.4) is 0 Å². The standard InChI is InChI=1S/C17H21ClN6O2/c1-10(16(25)23-14-5-4-12(18)7-20-14)24-6-2-3-11(9-24)13-8-21-17(26)15(19)22-13/h4-5,7-8,10-11H,2-3,6,9H2,1H3,(H2,19,22)(H,21,26)(H,20,23,25)/t10-,11+/m0/s1. The van der Waals surface area contributed by atoms with Crippen LogP contribution in [0, 0.1) is 0 Å². The zero-order valence-electron chi connectivity index (χ0n) is 14.4. The van der Waals surface area contributed by atoms with E-state index in [4.69, 9.17) is 17.3 Å². The number of aromatic amines is 1. The molecule has 3 rings (SSSR count). The molecule has 0 aliphatic carbocycles. The lowest BCUT2D eigenvalue weighted by Gasteiger charge is -2.35. The number of carbonyl (C=O) groups excluding carboxylic acids is 1. The monoisotopic (exact) mass is 376 g/mol. The summed E-state index contributed by atoms with van der Waals surface area (Å²) in [6, 6.07) is 3.02. The van der Waals surface area contributed by atoms with Crippen molar-refractivity contribution in [2.45, 2.75) is 31.7 Å². The van der Waals surface area contributed by atoms with Crippen molar-refractivity contribution in [1.29, 1.82) is 0 Å². The van der Waals surface area contributed by atoms with E-state index in [1.54, 1.807) is 18.3 Å². The summed E-state index contributed by atoms with van der Waals surface area (Å²) in [5.74, 6) is 0.426. The van der Waals surface area contributed by atoms with Gasteiger partial charge in [-0.05, 0) is 38.4 Å². The Hall–Kier alpha value is -2.45. The maximum absolute atomic E-state index is 12.5. The third-order valence-electron chi connectivity index (χ3n) is 4.61. The smallest absolute Gasteiger partial charge is 0.290 e. The molecule has 1 saturated heterocycles. The van der Waals surface area contributed by atoms with E-state index in [2.05, 4.69) is 25.2 Å². The van der Waals surface area contributed by atoms with Crippen LogP contribution in [0.15, 0.2) is 29.3 Å². The van der Waals surface area contributed by atoms with E-state index in [1.807, 2.05) is 6.92 Å². The number of rotatable bonds is 4. The number of nitrogens with zero attached hydrogens (tertiary/aromatic N) is 3. The van der Waals surface area contributed by atoms with Crippen LogP contribution in [0.5, 0.6) is 0 Å². The van der Waals surface area contributed by atoms with Crippen LogP contribution >= 0.6 is 11.6 Å². The molecule has 0 aromatic carbocycles. The zero-order valence-corrected chi connectivity index (χ0v) is 15.2. The molecule has 2 aromatic heterocycles. The lowest BCUT2D eigenvalue weighted by Crippen LogP contribution is -2.46. The molecular weight excluding hydrogens is 356 g/mol. The maximum Gasteiger partial charge on any atom is 0.290 e. The number of hydrogen-bond acceptors (Lipinski definition) is 6. The van der Waals surface area contributed by atoms with Crippen molar-refractivity contribution in [3.63, 3.8) is 0 Å². The highest BCUT2D eigenvalue weighted by molar-refractivity contribution is 6.30. The molecule has 1 aliphatic rings. The van der Waals surface area contributed by atoms with Crippen molar-refractivity contribution in [3.05, 3.63) is 45.6 Å². The highest BCUT2D eigenvalue weighted by atomic mass is 35.5. The zero-order chi connectivity index (χ0) is 18.7. The molecule has 2 aromatic rings. The van der Waals surface area contributed by atoms with Crippen molar-refractivity contribution >= 4 is 29.1 Å². The van der Waals surface area contributed by atoms with E-state index < -0.39 is 0 Å². The van der Waals surface area contributed by atoms with Gasteiger partial charge in [0.25, 0.3) is 5.56 Å². The fourth-order valence-corrected chi connectivity index (χ4v) is 3.20. The number of nitrogen functional groups attached to an aromatic ring is 1. The first-order valence-electron chi connectivity index (χ1n) is 8.45. The summed E-state index contributed by atoms with van der Waals surface area (Å²) < 4.78 is 0. The van der Waals surface area contributed by atoms with Gasteiger partial charge in [-0.1, -0.05) is 11.6 Å². The Morgan fingerprint density at radius 1 is 1.50 bits per heavy atom. The Labute approximate surface area is 155 Å². The first kappa shape index (κ1) is 18.3. The topological polar surface area (TPSA) is 117 Å². The van der Waals surface area contributed by atoms with Crippen molar-refractivity contribution < 1.29 is 4.79 Å². The number of carbonyl (C=O) groups is 1. The van der Waals surface area contributed by atoms with Gasteiger partial charge < -0.3 is 16.0 Å². The molecule has 0 unspecified atom stereocenters. The number of aromatic nitrogens is 3. The average molecular weight is 377 g/mol. The second kappa shape index (κ2) is 7.84. The van der Waals surface area contributed by atoms with E-state index in [0.717, 1.165) is 25.1 Å². The minimum Gasteiger partial charge on any atom is -0.379 e. The SMILES string of the molecule is C[C@@H](C(=O)Nc1ccc(Cl)cn1)N1CCC[C@@H](c2c[nH]c(=O)c(N)n2)C1. The van der Waals surface area contributed by atoms with Crippen molar-refractivity contribution in [2.75, 3.05) is 24.1 Å². The Morgan fingerprint density at radius 2 is 2.31 bits per heavy atom. The maximum atomic E-state index is 12.5. The Balaban J connectivity index is 1.66. The quantitative estimate of drug-likeness (QED) is 0.746. The lowest BCUT2D eigenvalue weighted by atomic mass is 9.94. The molecule has 0 radical (unpaired) electrons. The number of anilines is 2. The molecule has 0 spiro atoms. The summed E-state index contributed by atoms with van der Waals surface area (Å²) in [5.41, 5.74) is 5.98. The van der Waals surface area contributed by atoms with E-state index in [1.165, 1.54) is 6.20 Å². The van der Waals surface area contributed by atoms with Crippen molar-refractivity contribution in [2.24, 2.45) is 0 Å². The van der Waals surface area contributed by atoms with Gasteiger partial charge >= 0.3 is 0 Å². The van der Waals surface area contributed by atoms with Gasteiger partial charge in [0.05, 0.1) is 16.8 Å². The van der Waals surface area contributed by atoms with Crippen LogP contribution in [0.4, 0.5) is 11.6 Å². The molecule has 9 heteroatoms. The molecule has 0 bridgehead atoms. The van der Waals surface area contributed by atoms with E-state index in [-0.39, 0.29) is 29.2 Å². The molecule has 4 N–H and O–H groups in total. The molecule has 8 nitrogen and oxygen atoms in total. The summed E-state index contributed by atoms with van der Waals surface area (Å²) in [6.07, 6.45) is 4.96. The number of hydrogen-bond donors (Lipinski definition) is 3. The molecule has 2 atom stereocenters. The average Bonchev–Trinajstić information content (AvgIpc) is 2.65. The van der Waals surface area contributed by atoms with E-state index in [9.17, 15) is 9.59 Å². The third kappa shape index (κ3) is 4.20. The minimum absolute atomic E-state index is 0.0285. The van der Waals surface area contributed by atoms with Gasteiger partial charge in [-0.3, -0.25) is 14.5 Å². The Morgan fingerprint density at radius 3 is 3.00 bits per heavy atom. The predicted octanol–water partition coefficient (Wildman–Crippen LogP) is 1.61. The van der Waals surface area contributed by atoms with E-state index in [0.29, 0.717) is 17.4 Å². The van der Waals surface area contributed by atoms with Gasteiger partial charge in [-0.2, -0.15) is 0 Å². The number of likely N-dealkylation sites (tertiary alicyclic amines) is 1. The minimum atomic E-state index is -0.385. The number of piperidine rings is 1. The van der Waals surface area contributed by atoms with Gasteiger partial charge in [-0.15, -0.1) is 0 Å². The van der Waals surface area contributed by atoms with Gasteiger partial charge in [0.2, 0.25) is 5.91 Å². The van der Waals surface area contributed by atoms with Crippen molar-refractivity contribution in [3.8, 4) is 0 Å². The number of pyridine rings is 1. The van der Waals surface area contributed by atoms with Crippen LogP contribution in [0.25, 0.3) is 0 Å². The summed E-state index contributed by atoms with van der Waals surface area (Å²) in [6.45, 7) is 3.35. The number of halogens is 1. The molecule has 3 heterocycles. The van der Waals surface area contributed by atoms with Gasteiger partial charge in [0, 0.05) is 24.9 Å². The normalized spacial score (nSPS) is 19.1. The first-order chi connectivity index (χ1) is 12.4. The lowest BCUT2D eigenvalue weighted by molar-refractivity contribution is -0.121. The number of nitrogens with one attached hydrogen (secondary N) is 2. The summed E-state index contributed by atoms with van der Waals surface area (Å²) in [4.78, 5) is 36.9. The van der Waals surface area contributed by atoms with Crippen molar-refractivity contribution in [1.82, 2.24) is 19.9 Å². The molecule has 26 heavy (non-hydrogen) atoms. The predicted molar refractivity (Wildman–Crippen MR) is 100 cm³/mol. The van der Waals surface area contributed by atoms with Gasteiger partial charge in [0.15, 0.2) is 5.82 Å². The highest BCUT2D eigenvalue weighted by Crippen LogP contribution is 2.26. The van der Waals surface area contributed by atoms with Crippen LogP contribution < -0.4 is 16.6 Å². The van der Waals surface area contributed by atoms with Crippen LogP contribution in [-0.4, -0.2) is 44.9 Å². The molecular formula is C17H21ClN6O2. The molecule has 0 saturated carbocycles. The summed E-state index contributed by atoms with van der Waals surface area (Å²) in [7, 11) is 0. The van der Waals surface area contributed by atoms with Crippen LogP contribution in [-0.2, 0) is 4.79 Å². The first-order valence-corrected chi connectivity index (χ1v) is 8.83. The van der Waals surface area contributed by atoms with E-state index >= 15 is 0 Å². The third-order valence-corrected chi connectivity index (χ3v) is 4.83. The second-order valence-corrected chi connectivity index (χ2v) is 6.84. The van der Waals surface area contributed by atoms with Gasteiger partial charge in [-0.25, -0.2) is 9.97 Å². The number of H-pyrrole nitrogens is 1. The highest BCUT2D eigenvalue weighted by Gasteiger charge is 2.29. The summed E-state index contributed by atoms with van der Waals surface area (Å²) >= 11 is 5.81. The number of nitrogens with two attached hydrogens (primary N) is 1. The van der Waals surface area contributed by atoms with Gasteiger partial charge in [0.1, 0.15) is 5.82 Å². The second-order valence-electron chi connectivity index (χ2n) is 6.40.